The van der Waals surface area contributed by atoms with Crippen molar-refractivity contribution in [2.24, 2.45) is 0 Å². The van der Waals surface area contributed by atoms with Gasteiger partial charge in [0.1, 0.15) is 0 Å². The van der Waals surface area contributed by atoms with Crippen LogP contribution in [0.1, 0.15) is 19.3 Å². The minimum absolute atomic E-state index is 0.0419. The highest BCUT2D eigenvalue weighted by molar-refractivity contribution is 5.99. The monoisotopic (exact) mass is 243 g/mol. The van der Waals surface area contributed by atoms with Crippen molar-refractivity contribution in [2.75, 3.05) is 21.2 Å². The van der Waals surface area contributed by atoms with E-state index in [-0.39, 0.29) is 30.6 Å². The molecule has 0 aromatic carbocycles. The quantitative estimate of drug-likeness (QED) is 0.515. The standard InChI is InChI=1S/C11H17NO5/c1-12(2)7-8(6-10(14)15)9(13)4-5-11(16)17-3/h7H,4-6H2,1-3H3,(H,14,15)/b8-7-. The number of rotatable bonds is 7. The van der Waals surface area contributed by atoms with Gasteiger partial charge in [-0.25, -0.2) is 0 Å². The first-order chi connectivity index (χ1) is 7.86. The smallest absolute Gasteiger partial charge is 0.308 e. The lowest BCUT2D eigenvalue weighted by Gasteiger charge is -2.09. The normalized spacial score (nSPS) is 10.9. The van der Waals surface area contributed by atoms with E-state index in [4.69, 9.17) is 5.11 Å². The van der Waals surface area contributed by atoms with Crippen LogP contribution >= 0.6 is 0 Å². The lowest BCUT2D eigenvalue weighted by molar-refractivity contribution is -0.141. The molecular weight excluding hydrogens is 226 g/mol. The number of carboxylic acid groups (broad SMARTS) is 1. The van der Waals surface area contributed by atoms with Crippen LogP contribution in [0.3, 0.4) is 0 Å². The molecule has 0 heterocycles. The summed E-state index contributed by atoms with van der Waals surface area (Å²) in [5, 5.41) is 8.67. The van der Waals surface area contributed by atoms with E-state index in [1.54, 1.807) is 19.0 Å². The van der Waals surface area contributed by atoms with Crippen molar-refractivity contribution in [2.45, 2.75) is 19.3 Å². The second-order valence-corrected chi connectivity index (χ2v) is 3.69. The van der Waals surface area contributed by atoms with Gasteiger partial charge in [0.25, 0.3) is 0 Å². The number of carbonyl (C=O) groups is 3. The molecule has 0 radical (unpaired) electrons. The van der Waals surface area contributed by atoms with Crippen LogP contribution in [-0.2, 0) is 19.1 Å². The second-order valence-electron chi connectivity index (χ2n) is 3.69. The number of methoxy groups -OCH3 is 1. The Morgan fingerprint density at radius 2 is 1.82 bits per heavy atom. The largest absolute Gasteiger partial charge is 0.481 e. The van der Waals surface area contributed by atoms with Gasteiger partial charge in [-0.15, -0.1) is 0 Å². The molecule has 0 amide bonds. The van der Waals surface area contributed by atoms with Crippen LogP contribution in [-0.4, -0.2) is 48.9 Å². The van der Waals surface area contributed by atoms with Gasteiger partial charge in [0.05, 0.1) is 20.0 Å². The third kappa shape index (κ3) is 7.10. The van der Waals surface area contributed by atoms with Crippen molar-refractivity contribution in [3.05, 3.63) is 11.8 Å². The molecule has 6 nitrogen and oxygen atoms in total. The summed E-state index contributed by atoms with van der Waals surface area (Å²) in [6.45, 7) is 0. The van der Waals surface area contributed by atoms with E-state index in [1.807, 2.05) is 0 Å². The van der Waals surface area contributed by atoms with Crippen LogP contribution < -0.4 is 0 Å². The van der Waals surface area contributed by atoms with Crippen molar-refractivity contribution in [1.29, 1.82) is 0 Å². The first-order valence-electron chi connectivity index (χ1n) is 5.05. The lowest BCUT2D eigenvalue weighted by atomic mass is 10.0. The zero-order valence-electron chi connectivity index (χ0n) is 10.2. The molecule has 6 heteroatoms. The Kier molecular flexibility index (Phi) is 6.62. The highest BCUT2D eigenvalue weighted by atomic mass is 16.5. The minimum atomic E-state index is -1.08. The summed E-state index contributed by atoms with van der Waals surface area (Å²) in [4.78, 5) is 34.7. The van der Waals surface area contributed by atoms with Crippen molar-refractivity contribution in [3.8, 4) is 0 Å². The van der Waals surface area contributed by atoms with Gasteiger partial charge in [-0.1, -0.05) is 0 Å². The summed E-state index contributed by atoms with van der Waals surface area (Å²) in [5.41, 5.74) is 0.173. The Labute approximate surface area is 99.9 Å². The Balaban J connectivity index is 4.54. The van der Waals surface area contributed by atoms with Gasteiger partial charge in [-0.3, -0.25) is 14.4 Å². The zero-order valence-corrected chi connectivity index (χ0v) is 10.2. The summed E-state index contributed by atoms with van der Waals surface area (Å²) in [6, 6.07) is 0. The van der Waals surface area contributed by atoms with Gasteiger partial charge < -0.3 is 14.7 Å². The number of ketones is 1. The van der Waals surface area contributed by atoms with E-state index in [1.165, 1.54) is 13.3 Å². The van der Waals surface area contributed by atoms with E-state index < -0.39 is 11.9 Å². The molecule has 0 unspecified atom stereocenters. The molecule has 0 aliphatic carbocycles. The highest BCUT2D eigenvalue weighted by Crippen LogP contribution is 2.09. The number of hydrogen-bond acceptors (Lipinski definition) is 5. The van der Waals surface area contributed by atoms with Gasteiger partial charge in [0, 0.05) is 32.3 Å². The molecule has 96 valence electrons. The Morgan fingerprint density at radius 1 is 1.24 bits per heavy atom. The van der Waals surface area contributed by atoms with Crippen LogP contribution in [0.2, 0.25) is 0 Å². The van der Waals surface area contributed by atoms with Crippen LogP contribution in [0.4, 0.5) is 0 Å². The maximum atomic E-state index is 11.7. The Hall–Kier alpha value is -1.85. The number of esters is 1. The minimum Gasteiger partial charge on any atom is -0.481 e. The molecule has 0 rings (SSSR count). The van der Waals surface area contributed by atoms with Gasteiger partial charge >= 0.3 is 11.9 Å². The van der Waals surface area contributed by atoms with Gasteiger partial charge in [-0.2, -0.15) is 0 Å². The second kappa shape index (κ2) is 7.43. The fourth-order valence-electron chi connectivity index (χ4n) is 1.17. The molecule has 17 heavy (non-hydrogen) atoms. The van der Waals surface area contributed by atoms with Gasteiger partial charge in [-0.05, 0) is 0 Å². The first-order valence-corrected chi connectivity index (χ1v) is 5.05. The van der Waals surface area contributed by atoms with Crippen molar-refractivity contribution in [3.63, 3.8) is 0 Å². The number of hydrogen-bond donors (Lipinski definition) is 1. The summed E-state index contributed by atoms with van der Waals surface area (Å²) in [6.07, 6.45) is 1.02. The fraction of sp³-hybridized carbons (Fsp3) is 0.545. The molecule has 0 aliphatic rings. The van der Waals surface area contributed by atoms with E-state index >= 15 is 0 Å². The van der Waals surface area contributed by atoms with Crippen LogP contribution in [0.5, 0.6) is 0 Å². The zero-order chi connectivity index (χ0) is 13.4. The third-order valence-electron chi connectivity index (χ3n) is 1.90. The summed E-state index contributed by atoms with van der Waals surface area (Å²) in [5.74, 6) is -1.92. The maximum Gasteiger partial charge on any atom is 0.308 e. The van der Waals surface area contributed by atoms with E-state index in [0.717, 1.165) is 0 Å². The molecule has 0 atom stereocenters. The van der Waals surface area contributed by atoms with Crippen molar-refractivity contribution >= 4 is 17.7 Å². The number of ether oxygens (including phenoxy) is 1. The molecule has 0 saturated carbocycles. The predicted molar refractivity (Wildman–Crippen MR) is 60.3 cm³/mol. The number of carbonyl (C=O) groups excluding carboxylic acids is 2. The van der Waals surface area contributed by atoms with E-state index in [2.05, 4.69) is 4.74 Å². The van der Waals surface area contributed by atoms with Crippen LogP contribution in [0.25, 0.3) is 0 Å². The number of aliphatic carboxylic acids is 1. The van der Waals surface area contributed by atoms with Crippen LogP contribution in [0.15, 0.2) is 11.8 Å². The van der Waals surface area contributed by atoms with Gasteiger partial charge in [0.15, 0.2) is 5.78 Å². The first kappa shape index (κ1) is 15.2. The maximum absolute atomic E-state index is 11.7. The molecule has 0 aromatic heterocycles. The average Bonchev–Trinajstić information content (AvgIpc) is 2.23. The summed E-state index contributed by atoms with van der Waals surface area (Å²) >= 11 is 0. The predicted octanol–water partition coefficient (Wildman–Crippen LogP) is 0.429. The Morgan fingerprint density at radius 3 is 2.24 bits per heavy atom. The topological polar surface area (TPSA) is 83.9 Å². The number of Topliss-reactive ketones (excluding diaryl/α,β-unsaturated/α-hetero) is 1. The molecule has 0 aromatic rings. The van der Waals surface area contributed by atoms with E-state index in [0.29, 0.717) is 0 Å². The molecular formula is C11H17NO5. The van der Waals surface area contributed by atoms with Crippen molar-refractivity contribution in [1.82, 2.24) is 4.90 Å². The average molecular weight is 243 g/mol. The molecule has 0 bridgehead atoms. The summed E-state index contributed by atoms with van der Waals surface area (Å²) < 4.78 is 4.41. The highest BCUT2D eigenvalue weighted by Gasteiger charge is 2.15. The van der Waals surface area contributed by atoms with Crippen LogP contribution in [0, 0.1) is 0 Å². The molecule has 0 spiro atoms. The fourth-order valence-corrected chi connectivity index (χ4v) is 1.17. The number of carboxylic acids is 1. The summed E-state index contributed by atoms with van der Waals surface area (Å²) in [7, 11) is 4.62. The number of nitrogens with zero attached hydrogens (tertiary/aromatic N) is 1. The van der Waals surface area contributed by atoms with E-state index in [9.17, 15) is 14.4 Å². The molecule has 1 N–H and O–H groups in total. The molecule has 0 saturated heterocycles. The van der Waals surface area contributed by atoms with Crippen molar-refractivity contribution < 1.29 is 24.2 Å². The lowest BCUT2D eigenvalue weighted by Crippen LogP contribution is -2.14. The van der Waals surface area contributed by atoms with Gasteiger partial charge in [0.2, 0.25) is 0 Å². The SMILES string of the molecule is COC(=O)CCC(=O)/C(=C\N(C)C)CC(=O)O. The Bertz CT molecular complexity index is 333. The third-order valence-corrected chi connectivity index (χ3v) is 1.90. The molecule has 0 aliphatic heterocycles. The molecule has 0 fully saturated rings.